The Bertz CT molecular complexity index is 448. The summed E-state index contributed by atoms with van der Waals surface area (Å²) < 4.78 is 35.8. The van der Waals surface area contributed by atoms with E-state index in [0.717, 1.165) is 0 Å². The molecule has 112 valence electrons. The van der Waals surface area contributed by atoms with Crippen molar-refractivity contribution >= 4 is 17.9 Å². The van der Waals surface area contributed by atoms with Gasteiger partial charge in [-0.1, -0.05) is 0 Å². The molecule has 0 spiro atoms. The fraction of sp³-hybridized carbons (Fsp3) is 0.700. The molecule has 1 atom stereocenters. The highest BCUT2D eigenvalue weighted by molar-refractivity contribution is 5.97. The van der Waals surface area contributed by atoms with Crippen molar-refractivity contribution in [3.05, 3.63) is 0 Å². The van der Waals surface area contributed by atoms with E-state index in [4.69, 9.17) is 0 Å². The van der Waals surface area contributed by atoms with Gasteiger partial charge in [0.15, 0.2) is 0 Å². The van der Waals surface area contributed by atoms with Crippen LogP contribution >= 0.6 is 0 Å². The molecule has 0 aliphatic carbocycles. The van der Waals surface area contributed by atoms with Crippen LogP contribution in [0.2, 0.25) is 0 Å². The molecular weight excluding hydrogens is 283 g/mol. The van der Waals surface area contributed by atoms with E-state index in [-0.39, 0.29) is 0 Å². The predicted octanol–water partition coefficient (Wildman–Crippen LogP) is -0.175. The summed E-state index contributed by atoms with van der Waals surface area (Å²) in [5.41, 5.74) is 0. The molecule has 2 aliphatic heterocycles. The molecule has 0 saturated carbocycles. The Kier molecular flexibility index (Phi) is 3.69. The van der Waals surface area contributed by atoms with Crippen LogP contribution < -0.4 is 10.6 Å². The topological polar surface area (TPSA) is 84.5 Å². The summed E-state index contributed by atoms with van der Waals surface area (Å²) in [5, 5.41) is 4.87. The van der Waals surface area contributed by atoms with E-state index in [1.54, 1.807) is 0 Å². The average molecular weight is 296 g/mol. The number of amides is 3. The fourth-order valence-electron chi connectivity index (χ4n) is 2.41. The highest BCUT2D eigenvalue weighted by Crippen LogP contribution is 2.29. The molecular formula is C10H13F3N3O4+. The first-order chi connectivity index (χ1) is 9.25. The first kappa shape index (κ1) is 14.7. The van der Waals surface area contributed by atoms with Crippen LogP contribution in [0.15, 0.2) is 0 Å². The molecule has 0 aromatic heterocycles. The average Bonchev–Trinajstić information content (AvgIpc) is 2.65. The van der Waals surface area contributed by atoms with Crippen molar-refractivity contribution in [1.29, 1.82) is 0 Å². The number of imide groups is 1. The second-order valence-electron chi connectivity index (χ2n) is 4.66. The lowest BCUT2D eigenvalue weighted by molar-refractivity contribution is -1.03. The molecule has 2 saturated heterocycles. The number of nitrogens with one attached hydrogen (secondary N) is 2. The van der Waals surface area contributed by atoms with Crippen molar-refractivity contribution < 1.29 is 37.0 Å². The van der Waals surface area contributed by atoms with Gasteiger partial charge in [0, 0.05) is 25.9 Å². The Labute approximate surface area is 111 Å². The molecule has 10 heteroatoms. The number of carbonyl (C=O) groups is 3. The summed E-state index contributed by atoms with van der Waals surface area (Å²) in [4.78, 5) is 38.6. The minimum Gasteiger partial charge on any atom is -0.316 e. The van der Waals surface area contributed by atoms with Crippen LogP contribution in [0.1, 0.15) is 12.8 Å². The Balaban J connectivity index is 2.27. The van der Waals surface area contributed by atoms with Crippen LogP contribution in [0.5, 0.6) is 0 Å². The number of piperidine rings is 1. The monoisotopic (exact) mass is 296 g/mol. The van der Waals surface area contributed by atoms with Crippen molar-refractivity contribution in [3.63, 3.8) is 0 Å². The maximum Gasteiger partial charge on any atom is 0.497 e. The predicted molar refractivity (Wildman–Crippen MR) is 56.7 cm³/mol. The number of hydrogen-bond acceptors (Lipinski definition) is 5. The van der Waals surface area contributed by atoms with Crippen LogP contribution in [0, 0.1) is 0 Å². The van der Waals surface area contributed by atoms with Crippen molar-refractivity contribution in [2.45, 2.75) is 25.1 Å². The summed E-state index contributed by atoms with van der Waals surface area (Å²) in [6.45, 7) is 0.316. The minimum absolute atomic E-state index is 0.325. The third-order valence-electron chi connectivity index (χ3n) is 3.34. The third kappa shape index (κ3) is 2.61. The lowest BCUT2D eigenvalue weighted by Crippen LogP contribution is -2.61. The van der Waals surface area contributed by atoms with Gasteiger partial charge in [0.25, 0.3) is 5.91 Å². The SMILES string of the molecule is O=C1C[N+](OC(=O)C(F)(F)F)(C2CCNCC2)C(=O)N1. The molecule has 20 heavy (non-hydrogen) atoms. The zero-order valence-electron chi connectivity index (χ0n) is 10.3. The summed E-state index contributed by atoms with van der Waals surface area (Å²) >= 11 is 0. The normalized spacial score (nSPS) is 28.4. The molecule has 1 unspecified atom stereocenters. The van der Waals surface area contributed by atoms with E-state index in [2.05, 4.69) is 10.2 Å². The lowest BCUT2D eigenvalue weighted by atomic mass is 10.0. The van der Waals surface area contributed by atoms with Crippen LogP contribution in [0.3, 0.4) is 0 Å². The van der Waals surface area contributed by atoms with Gasteiger partial charge in [-0.3, -0.25) is 9.63 Å². The Morgan fingerprint density at radius 1 is 1.25 bits per heavy atom. The van der Waals surface area contributed by atoms with E-state index in [1.807, 2.05) is 5.32 Å². The van der Waals surface area contributed by atoms with Gasteiger partial charge in [-0.2, -0.15) is 13.2 Å². The molecule has 2 N–H and O–H groups in total. The van der Waals surface area contributed by atoms with Gasteiger partial charge in [-0.15, -0.1) is 0 Å². The Hall–Kier alpha value is -1.68. The zero-order chi connectivity index (χ0) is 15.0. The maximum atomic E-state index is 12.4. The molecule has 0 aromatic rings. The molecule has 2 heterocycles. The summed E-state index contributed by atoms with van der Waals surface area (Å²) in [6.07, 6.45) is -4.57. The number of urea groups is 1. The molecule has 2 rings (SSSR count). The van der Waals surface area contributed by atoms with E-state index < -0.39 is 41.3 Å². The van der Waals surface area contributed by atoms with Gasteiger partial charge in [0.1, 0.15) is 6.04 Å². The summed E-state index contributed by atoms with van der Waals surface area (Å²) in [7, 11) is 0. The van der Waals surface area contributed by atoms with Crippen LogP contribution in [-0.4, -0.2) is 54.4 Å². The van der Waals surface area contributed by atoms with Crippen molar-refractivity contribution in [3.8, 4) is 0 Å². The van der Waals surface area contributed by atoms with Crippen molar-refractivity contribution in [1.82, 2.24) is 10.6 Å². The second-order valence-corrected chi connectivity index (χ2v) is 4.66. The number of hydrogen-bond donors (Lipinski definition) is 2. The highest BCUT2D eigenvalue weighted by atomic mass is 19.4. The third-order valence-corrected chi connectivity index (χ3v) is 3.34. The Morgan fingerprint density at radius 3 is 2.30 bits per heavy atom. The smallest absolute Gasteiger partial charge is 0.316 e. The van der Waals surface area contributed by atoms with Gasteiger partial charge in [-0.05, 0) is 4.65 Å². The summed E-state index contributed by atoms with van der Waals surface area (Å²) in [5.74, 6) is -3.23. The van der Waals surface area contributed by atoms with Gasteiger partial charge in [-0.25, -0.2) is 14.9 Å². The van der Waals surface area contributed by atoms with Crippen molar-refractivity contribution in [2.24, 2.45) is 0 Å². The standard InChI is InChI=1S/C10H12F3N3O4/c11-10(12,13)8(18)20-16(5-7(17)15-9(16)19)6-1-3-14-4-2-6/h6,14H,1-5H2/p+1. The fourth-order valence-corrected chi connectivity index (χ4v) is 2.41. The molecule has 0 radical (unpaired) electrons. The van der Waals surface area contributed by atoms with E-state index >= 15 is 0 Å². The molecule has 0 bridgehead atoms. The van der Waals surface area contributed by atoms with Crippen molar-refractivity contribution in [2.75, 3.05) is 19.6 Å². The molecule has 2 fully saturated rings. The van der Waals surface area contributed by atoms with E-state index in [9.17, 15) is 27.6 Å². The lowest BCUT2D eigenvalue weighted by Gasteiger charge is -2.35. The molecule has 2 aliphatic rings. The highest BCUT2D eigenvalue weighted by Gasteiger charge is 2.60. The molecule has 7 nitrogen and oxygen atoms in total. The van der Waals surface area contributed by atoms with Crippen LogP contribution in [0.4, 0.5) is 18.0 Å². The summed E-state index contributed by atoms with van der Waals surface area (Å²) in [6, 6.07) is -1.70. The van der Waals surface area contributed by atoms with E-state index in [0.29, 0.717) is 25.9 Å². The number of rotatable bonds is 2. The first-order valence-corrected chi connectivity index (χ1v) is 5.99. The largest absolute Gasteiger partial charge is 0.497 e. The van der Waals surface area contributed by atoms with Crippen LogP contribution in [-0.2, 0) is 14.4 Å². The number of hydroxylamine groups is 3. The molecule has 0 aromatic carbocycles. The molecule has 3 amide bonds. The van der Waals surface area contributed by atoms with Gasteiger partial charge in [0.2, 0.25) is 6.54 Å². The Morgan fingerprint density at radius 2 is 1.85 bits per heavy atom. The number of alkyl halides is 3. The van der Waals surface area contributed by atoms with Gasteiger partial charge >= 0.3 is 18.2 Å². The van der Waals surface area contributed by atoms with Crippen LogP contribution in [0.25, 0.3) is 0 Å². The number of nitrogens with zero attached hydrogens (tertiary/aromatic N) is 1. The maximum absolute atomic E-state index is 12.4. The number of quaternary nitrogens is 1. The zero-order valence-corrected chi connectivity index (χ0v) is 10.3. The van der Waals surface area contributed by atoms with Gasteiger partial charge < -0.3 is 5.32 Å². The number of halogens is 3. The minimum atomic E-state index is -5.22. The first-order valence-electron chi connectivity index (χ1n) is 5.99. The second kappa shape index (κ2) is 5.02. The quantitative estimate of drug-likeness (QED) is 0.546. The van der Waals surface area contributed by atoms with Gasteiger partial charge in [0.05, 0.1) is 0 Å². The number of carbonyl (C=O) groups excluding carboxylic acids is 3. The van der Waals surface area contributed by atoms with E-state index in [1.165, 1.54) is 0 Å².